The second kappa shape index (κ2) is 14.9. The van der Waals surface area contributed by atoms with Gasteiger partial charge in [-0.2, -0.15) is 0 Å². The van der Waals surface area contributed by atoms with Crippen LogP contribution in [0.1, 0.15) is 33.3 Å². The van der Waals surface area contributed by atoms with Crippen LogP contribution in [0.3, 0.4) is 0 Å². The van der Waals surface area contributed by atoms with Crippen molar-refractivity contribution in [1.82, 2.24) is 10.2 Å². The standard InChI is InChI=1S/C31H38ClN3O6S/c1-6-41-29-10-8-7-9-28(29)35(42(38,39)27-17-13-25(32)14-18-27)21-30(36)34(23(4)31(37)33-19-22(2)3)20-24-11-15-26(40-5)16-12-24/h7-18,22-23H,6,19-21H2,1-5H3,(H,33,37)/t23-/m1/s1. The number of rotatable bonds is 14. The second-order valence-corrected chi connectivity index (χ2v) is 12.3. The van der Waals surface area contributed by atoms with Gasteiger partial charge < -0.3 is 19.7 Å². The van der Waals surface area contributed by atoms with Gasteiger partial charge in [0, 0.05) is 18.1 Å². The normalized spacial score (nSPS) is 12.0. The molecular formula is C31H38ClN3O6S. The van der Waals surface area contributed by atoms with Crippen molar-refractivity contribution in [3.63, 3.8) is 0 Å². The number of halogens is 1. The van der Waals surface area contributed by atoms with Crippen LogP contribution >= 0.6 is 11.6 Å². The minimum absolute atomic E-state index is 0.0459. The number of hydrogen-bond acceptors (Lipinski definition) is 6. The zero-order valence-corrected chi connectivity index (χ0v) is 26.1. The van der Waals surface area contributed by atoms with Gasteiger partial charge in [-0.25, -0.2) is 8.42 Å². The van der Waals surface area contributed by atoms with Gasteiger partial charge in [0.25, 0.3) is 10.0 Å². The fraction of sp³-hybridized carbons (Fsp3) is 0.355. The predicted molar refractivity (Wildman–Crippen MR) is 164 cm³/mol. The first kappa shape index (κ1) is 32.8. The molecule has 0 saturated heterocycles. The number of nitrogens with one attached hydrogen (secondary N) is 1. The number of carbonyl (C=O) groups is 2. The highest BCUT2D eigenvalue weighted by atomic mass is 35.5. The number of amides is 2. The fourth-order valence-electron chi connectivity index (χ4n) is 4.15. The third-order valence-electron chi connectivity index (χ3n) is 6.48. The van der Waals surface area contributed by atoms with Gasteiger partial charge in [0.1, 0.15) is 24.1 Å². The van der Waals surface area contributed by atoms with E-state index in [-0.39, 0.29) is 35.6 Å². The van der Waals surface area contributed by atoms with E-state index in [1.807, 2.05) is 13.8 Å². The molecule has 1 atom stereocenters. The summed E-state index contributed by atoms with van der Waals surface area (Å²) < 4.78 is 40.1. The number of carbonyl (C=O) groups excluding carboxylic acids is 2. The molecule has 0 spiro atoms. The molecular weight excluding hydrogens is 578 g/mol. The summed E-state index contributed by atoms with van der Waals surface area (Å²) in [4.78, 5) is 28.6. The van der Waals surface area contributed by atoms with E-state index < -0.39 is 28.5 Å². The lowest BCUT2D eigenvalue weighted by atomic mass is 10.1. The Morgan fingerprint density at radius 1 is 0.952 bits per heavy atom. The summed E-state index contributed by atoms with van der Waals surface area (Å²) in [5.41, 5.74) is 0.943. The number of sulfonamides is 1. The van der Waals surface area contributed by atoms with Crippen LogP contribution in [-0.2, 0) is 26.2 Å². The van der Waals surface area contributed by atoms with E-state index in [0.717, 1.165) is 9.87 Å². The predicted octanol–water partition coefficient (Wildman–Crippen LogP) is 5.13. The average molecular weight is 616 g/mol. The van der Waals surface area contributed by atoms with Crippen molar-refractivity contribution < 1.29 is 27.5 Å². The van der Waals surface area contributed by atoms with Gasteiger partial charge in [-0.05, 0) is 73.9 Å². The van der Waals surface area contributed by atoms with Crippen LogP contribution in [-0.4, -0.2) is 58.0 Å². The Morgan fingerprint density at radius 3 is 2.19 bits per heavy atom. The molecule has 0 aliphatic heterocycles. The molecule has 42 heavy (non-hydrogen) atoms. The first-order chi connectivity index (χ1) is 20.0. The Morgan fingerprint density at radius 2 is 1.60 bits per heavy atom. The number of ether oxygens (including phenoxy) is 2. The number of nitrogens with zero attached hydrogens (tertiary/aromatic N) is 2. The molecule has 0 aliphatic rings. The van der Waals surface area contributed by atoms with Crippen LogP contribution in [0.2, 0.25) is 5.02 Å². The SMILES string of the molecule is CCOc1ccccc1N(CC(=O)N(Cc1ccc(OC)cc1)[C@H](C)C(=O)NCC(C)C)S(=O)(=O)c1ccc(Cl)cc1. The molecule has 2 amide bonds. The molecule has 0 saturated carbocycles. The van der Waals surface area contributed by atoms with Gasteiger partial charge in [0.2, 0.25) is 11.8 Å². The van der Waals surface area contributed by atoms with Crippen LogP contribution < -0.4 is 19.1 Å². The highest BCUT2D eigenvalue weighted by Crippen LogP contribution is 2.33. The van der Waals surface area contributed by atoms with Gasteiger partial charge >= 0.3 is 0 Å². The first-order valence-corrected chi connectivity index (χ1v) is 15.5. The lowest BCUT2D eigenvalue weighted by Gasteiger charge is -2.32. The summed E-state index contributed by atoms with van der Waals surface area (Å²) in [5.74, 6) is 0.248. The quantitative estimate of drug-likeness (QED) is 0.270. The summed E-state index contributed by atoms with van der Waals surface area (Å²) in [6, 6.07) is 18.6. The maximum Gasteiger partial charge on any atom is 0.264 e. The van der Waals surface area contributed by atoms with Crippen LogP contribution in [0.5, 0.6) is 11.5 Å². The zero-order chi connectivity index (χ0) is 30.9. The molecule has 0 bridgehead atoms. The number of methoxy groups -OCH3 is 1. The molecule has 0 radical (unpaired) electrons. The largest absolute Gasteiger partial charge is 0.497 e. The van der Waals surface area contributed by atoms with Crippen LogP contribution in [0.15, 0.2) is 77.7 Å². The lowest BCUT2D eigenvalue weighted by Crippen LogP contribution is -2.51. The van der Waals surface area contributed by atoms with Crippen molar-refractivity contribution >= 4 is 39.1 Å². The van der Waals surface area contributed by atoms with Crippen molar-refractivity contribution in [3.05, 3.63) is 83.4 Å². The molecule has 3 rings (SSSR count). The van der Waals surface area contributed by atoms with E-state index in [1.54, 1.807) is 69.5 Å². The third-order valence-corrected chi connectivity index (χ3v) is 8.50. The smallest absolute Gasteiger partial charge is 0.264 e. The van der Waals surface area contributed by atoms with Gasteiger partial charge in [0.15, 0.2) is 0 Å². The molecule has 226 valence electrons. The van der Waals surface area contributed by atoms with E-state index in [0.29, 0.717) is 23.1 Å². The molecule has 3 aromatic carbocycles. The molecule has 1 N–H and O–H groups in total. The lowest BCUT2D eigenvalue weighted by molar-refractivity contribution is -0.139. The van der Waals surface area contributed by atoms with E-state index in [2.05, 4.69) is 5.32 Å². The van der Waals surface area contributed by atoms with E-state index >= 15 is 0 Å². The third kappa shape index (κ3) is 8.39. The molecule has 0 aliphatic carbocycles. The average Bonchev–Trinajstić information content (AvgIpc) is 2.98. The molecule has 11 heteroatoms. The summed E-state index contributed by atoms with van der Waals surface area (Å²) in [6.07, 6.45) is 0. The van der Waals surface area contributed by atoms with Crippen LogP contribution in [0.25, 0.3) is 0 Å². The zero-order valence-electron chi connectivity index (χ0n) is 24.5. The molecule has 3 aromatic rings. The Hall–Kier alpha value is -3.76. The monoisotopic (exact) mass is 615 g/mol. The van der Waals surface area contributed by atoms with Gasteiger partial charge in [-0.1, -0.05) is 49.7 Å². The van der Waals surface area contributed by atoms with Crippen molar-refractivity contribution in [3.8, 4) is 11.5 Å². The Balaban J connectivity index is 2.06. The Labute approximate surface area is 253 Å². The molecule has 0 aromatic heterocycles. The fourth-order valence-corrected chi connectivity index (χ4v) is 5.70. The minimum Gasteiger partial charge on any atom is -0.497 e. The van der Waals surface area contributed by atoms with Crippen molar-refractivity contribution in [2.45, 2.75) is 45.2 Å². The number of benzene rings is 3. The van der Waals surface area contributed by atoms with Gasteiger partial charge in [0.05, 0.1) is 24.3 Å². The molecule has 0 heterocycles. The van der Waals surface area contributed by atoms with Crippen LogP contribution in [0, 0.1) is 5.92 Å². The Kier molecular flexibility index (Phi) is 11.6. The second-order valence-electron chi connectivity index (χ2n) is 10.1. The van der Waals surface area contributed by atoms with Crippen molar-refractivity contribution in [1.29, 1.82) is 0 Å². The number of para-hydroxylation sites is 2. The maximum absolute atomic E-state index is 14.1. The van der Waals surface area contributed by atoms with Gasteiger partial charge in [-0.3, -0.25) is 13.9 Å². The number of hydrogen-bond donors (Lipinski definition) is 1. The van der Waals surface area contributed by atoms with E-state index in [1.165, 1.54) is 29.2 Å². The summed E-state index contributed by atoms with van der Waals surface area (Å²) in [7, 11) is -2.70. The summed E-state index contributed by atoms with van der Waals surface area (Å²) >= 11 is 6.02. The maximum atomic E-state index is 14.1. The minimum atomic E-state index is -4.26. The molecule has 0 unspecified atom stereocenters. The summed E-state index contributed by atoms with van der Waals surface area (Å²) in [5, 5.41) is 3.25. The topological polar surface area (TPSA) is 105 Å². The highest BCUT2D eigenvalue weighted by Gasteiger charge is 2.33. The molecule has 0 fully saturated rings. The van der Waals surface area contributed by atoms with Crippen LogP contribution in [0.4, 0.5) is 5.69 Å². The first-order valence-electron chi connectivity index (χ1n) is 13.7. The highest BCUT2D eigenvalue weighted by molar-refractivity contribution is 7.92. The van der Waals surface area contributed by atoms with Crippen molar-refractivity contribution in [2.75, 3.05) is 31.1 Å². The van der Waals surface area contributed by atoms with E-state index in [9.17, 15) is 18.0 Å². The van der Waals surface area contributed by atoms with Gasteiger partial charge in [-0.15, -0.1) is 0 Å². The van der Waals surface area contributed by atoms with E-state index in [4.69, 9.17) is 21.1 Å². The molecule has 9 nitrogen and oxygen atoms in total. The van der Waals surface area contributed by atoms with Crippen molar-refractivity contribution in [2.24, 2.45) is 5.92 Å². The Bertz CT molecular complexity index is 1450. The number of anilines is 1. The summed E-state index contributed by atoms with van der Waals surface area (Å²) in [6.45, 7) is 7.58.